The van der Waals surface area contributed by atoms with E-state index in [0.29, 0.717) is 6.04 Å². The average Bonchev–Trinajstić information content (AvgIpc) is 2.87. The van der Waals surface area contributed by atoms with Crippen LogP contribution in [0.4, 0.5) is 5.95 Å². The van der Waals surface area contributed by atoms with Crippen molar-refractivity contribution in [3.63, 3.8) is 0 Å². The SMILES string of the molecule is O=C(O)c1ccc2c(c1)nc(NCCc1ccccc1)n2C1CCCCCC1. The molecule has 1 aliphatic carbocycles. The van der Waals surface area contributed by atoms with Gasteiger partial charge >= 0.3 is 5.97 Å². The molecule has 28 heavy (non-hydrogen) atoms. The molecule has 0 saturated heterocycles. The molecule has 4 rings (SSSR count). The lowest BCUT2D eigenvalue weighted by Gasteiger charge is -2.20. The molecule has 0 spiro atoms. The topological polar surface area (TPSA) is 67.2 Å². The molecule has 2 aromatic carbocycles. The van der Waals surface area contributed by atoms with Crippen molar-refractivity contribution >= 4 is 23.0 Å². The standard InChI is InChI=1S/C23H27N3O2/c27-22(28)18-12-13-21-20(16-18)25-23(24-15-14-17-8-4-3-5-9-17)26(21)19-10-6-1-2-7-11-19/h3-5,8-9,12-13,16,19H,1-2,6-7,10-11,14-15H2,(H,24,25)(H,27,28). The van der Waals surface area contributed by atoms with Crippen LogP contribution in [0.25, 0.3) is 11.0 Å². The molecule has 146 valence electrons. The highest BCUT2D eigenvalue weighted by Gasteiger charge is 2.21. The molecule has 1 fully saturated rings. The number of anilines is 1. The molecule has 0 radical (unpaired) electrons. The number of hydrogen-bond acceptors (Lipinski definition) is 3. The van der Waals surface area contributed by atoms with E-state index in [9.17, 15) is 9.90 Å². The summed E-state index contributed by atoms with van der Waals surface area (Å²) in [5, 5.41) is 12.8. The first-order chi connectivity index (χ1) is 13.7. The molecule has 5 nitrogen and oxygen atoms in total. The molecular formula is C23H27N3O2. The summed E-state index contributed by atoms with van der Waals surface area (Å²) in [6, 6.07) is 16.1. The number of nitrogens with zero attached hydrogens (tertiary/aromatic N) is 2. The zero-order chi connectivity index (χ0) is 19.3. The van der Waals surface area contributed by atoms with Gasteiger partial charge in [-0.25, -0.2) is 9.78 Å². The van der Waals surface area contributed by atoms with E-state index in [1.807, 2.05) is 12.1 Å². The van der Waals surface area contributed by atoms with Crippen molar-refractivity contribution in [1.29, 1.82) is 0 Å². The first-order valence-corrected chi connectivity index (χ1v) is 10.3. The van der Waals surface area contributed by atoms with Gasteiger partial charge in [0.25, 0.3) is 0 Å². The van der Waals surface area contributed by atoms with Gasteiger partial charge < -0.3 is 15.0 Å². The van der Waals surface area contributed by atoms with Gasteiger partial charge in [-0.3, -0.25) is 0 Å². The molecule has 0 aliphatic heterocycles. The lowest BCUT2D eigenvalue weighted by atomic mass is 10.1. The van der Waals surface area contributed by atoms with E-state index in [4.69, 9.17) is 4.98 Å². The second kappa shape index (κ2) is 8.46. The highest BCUT2D eigenvalue weighted by atomic mass is 16.4. The predicted octanol–water partition coefficient (Wildman–Crippen LogP) is 5.28. The minimum atomic E-state index is -0.912. The number of carboxylic acids is 1. The van der Waals surface area contributed by atoms with Gasteiger partial charge in [-0.15, -0.1) is 0 Å². The van der Waals surface area contributed by atoms with Crippen LogP contribution in [-0.2, 0) is 6.42 Å². The van der Waals surface area contributed by atoms with E-state index in [0.717, 1.165) is 42.8 Å². The number of benzene rings is 2. The fourth-order valence-corrected chi connectivity index (χ4v) is 4.21. The number of fused-ring (bicyclic) bond motifs is 1. The lowest BCUT2D eigenvalue weighted by Crippen LogP contribution is -2.15. The fraction of sp³-hybridized carbons (Fsp3) is 0.391. The van der Waals surface area contributed by atoms with Crippen molar-refractivity contribution in [2.24, 2.45) is 0 Å². The van der Waals surface area contributed by atoms with Gasteiger partial charge in [-0.2, -0.15) is 0 Å². The smallest absolute Gasteiger partial charge is 0.335 e. The molecular weight excluding hydrogens is 350 g/mol. The Balaban J connectivity index is 1.64. The molecule has 1 heterocycles. The van der Waals surface area contributed by atoms with Crippen molar-refractivity contribution in [1.82, 2.24) is 9.55 Å². The Morgan fingerprint density at radius 2 is 1.82 bits per heavy atom. The number of aromatic nitrogens is 2. The summed E-state index contributed by atoms with van der Waals surface area (Å²) in [6.45, 7) is 0.797. The highest BCUT2D eigenvalue weighted by molar-refractivity contribution is 5.93. The van der Waals surface area contributed by atoms with Crippen LogP contribution in [0.5, 0.6) is 0 Å². The van der Waals surface area contributed by atoms with Crippen molar-refractivity contribution in [3.05, 3.63) is 59.7 Å². The van der Waals surface area contributed by atoms with E-state index < -0.39 is 5.97 Å². The average molecular weight is 377 g/mol. The Morgan fingerprint density at radius 3 is 2.54 bits per heavy atom. The minimum Gasteiger partial charge on any atom is -0.478 e. The fourth-order valence-electron chi connectivity index (χ4n) is 4.21. The summed E-state index contributed by atoms with van der Waals surface area (Å²) in [6.07, 6.45) is 8.29. The predicted molar refractivity (Wildman–Crippen MR) is 112 cm³/mol. The van der Waals surface area contributed by atoms with Crippen LogP contribution >= 0.6 is 0 Å². The van der Waals surface area contributed by atoms with Gasteiger partial charge in [-0.1, -0.05) is 56.0 Å². The molecule has 1 aromatic heterocycles. The Bertz CT molecular complexity index is 941. The number of aromatic carboxylic acids is 1. The van der Waals surface area contributed by atoms with Gasteiger partial charge in [0, 0.05) is 12.6 Å². The van der Waals surface area contributed by atoms with E-state index in [1.54, 1.807) is 12.1 Å². The van der Waals surface area contributed by atoms with Gasteiger partial charge in [-0.05, 0) is 43.0 Å². The summed E-state index contributed by atoms with van der Waals surface area (Å²) >= 11 is 0. The molecule has 0 unspecified atom stereocenters. The van der Waals surface area contributed by atoms with Crippen molar-refractivity contribution < 1.29 is 9.90 Å². The van der Waals surface area contributed by atoms with E-state index in [1.165, 1.54) is 31.2 Å². The molecule has 0 atom stereocenters. The molecule has 2 N–H and O–H groups in total. The van der Waals surface area contributed by atoms with Crippen molar-refractivity contribution in [3.8, 4) is 0 Å². The zero-order valence-corrected chi connectivity index (χ0v) is 16.1. The largest absolute Gasteiger partial charge is 0.478 e. The number of hydrogen-bond donors (Lipinski definition) is 2. The van der Waals surface area contributed by atoms with Crippen molar-refractivity contribution in [2.75, 3.05) is 11.9 Å². The Hall–Kier alpha value is -2.82. The van der Waals surface area contributed by atoms with Gasteiger partial charge in [0.2, 0.25) is 5.95 Å². The number of carbonyl (C=O) groups is 1. The highest BCUT2D eigenvalue weighted by Crippen LogP contribution is 2.33. The third-order valence-corrected chi connectivity index (χ3v) is 5.67. The van der Waals surface area contributed by atoms with Gasteiger partial charge in [0.1, 0.15) is 0 Å². The molecule has 1 aliphatic rings. The zero-order valence-electron chi connectivity index (χ0n) is 16.1. The second-order valence-electron chi connectivity index (χ2n) is 7.62. The normalized spacial score (nSPS) is 15.4. The summed E-state index contributed by atoms with van der Waals surface area (Å²) < 4.78 is 2.32. The van der Waals surface area contributed by atoms with Crippen LogP contribution in [0.15, 0.2) is 48.5 Å². The van der Waals surface area contributed by atoms with Crippen LogP contribution in [0.1, 0.15) is 60.5 Å². The third-order valence-electron chi connectivity index (χ3n) is 5.67. The summed E-state index contributed by atoms with van der Waals surface area (Å²) in [7, 11) is 0. The van der Waals surface area contributed by atoms with Gasteiger partial charge in [0.05, 0.1) is 16.6 Å². The maximum absolute atomic E-state index is 11.4. The van der Waals surface area contributed by atoms with Crippen LogP contribution in [0, 0.1) is 0 Å². The number of rotatable bonds is 6. The first kappa shape index (κ1) is 18.5. The van der Waals surface area contributed by atoms with E-state index in [2.05, 4.69) is 34.1 Å². The number of carboxylic acid groups (broad SMARTS) is 1. The Morgan fingerprint density at radius 1 is 1.07 bits per heavy atom. The molecule has 3 aromatic rings. The van der Waals surface area contributed by atoms with E-state index >= 15 is 0 Å². The monoisotopic (exact) mass is 377 g/mol. The molecule has 0 amide bonds. The maximum atomic E-state index is 11.4. The van der Waals surface area contributed by atoms with Crippen LogP contribution in [-0.4, -0.2) is 27.2 Å². The lowest BCUT2D eigenvalue weighted by molar-refractivity contribution is 0.0697. The van der Waals surface area contributed by atoms with Gasteiger partial charge in [0.15, 0.2) is 0 Å². The summed E-state index contributed by atoms with van der Waals surface area (Å²) in [5.41, 5.74) is 3.36. The second-order valence-corrected chi connectivity index (χ2v) is 7.62. The molecule has 0 bridgehead atoms. The first-order valence-electron chi connectivity index (χ1n) is 10.3. The number of nitrogens with one attached hydrogen (secondary N) is 1. The summed E-state index contributed by atoms with van der Waals surface area (Å²) in [5.74, 6) is -0.0510. The summed E-state index contributed by atoms with van der Waals surface area (Å²) in [4.78, 5) is 16.1. The maximum Gasteiger partial charge on any atom is 0.335 e. The quantitative estimate of drug-likeness (QED) is 0.573. The minimum absolute atomic E-state index is 0.286. The molecule has 5 heteroatoms. The number of imidazole rings is 1. The third kappa shape index (κ3) is 4.03. The van der Waals surface area contributed by atoms with Crippen LogP contribution in [0.3, 0.4) is 0 Å². The molecule has 1 saturated carbocycles. The van der Waals surface area contributed by atoms with Crippen LogP contribution < -0.4 is 5.32 Å². The van der Waals surface area contributed by atoms with Crippen LogP contribution in [0.2, 0.25) is 0 Å². The van der Waals surface area contributed by atoms with E-state index in [-0.39, 0.29) is 5.56 Å². The Kier molecular flexibility index (Phi) is 5.60. The van der Waals surface area contributed by atoms with Crippen molar-refractivity contribution in [2.45, 2.75) is 51.0 Å². The Labute approximate surface area is 165 Å².